The maximum atomic E-state index is 6.10. The van der Waals surface area contributed by atoms with E-state index in [1.807, 2.05) is 0 Å². The van der Waals surface area contributed by atoms with Crippen molar-refractivity contribution in [1.29, 1.82) is 0 Å². The quantitative estimate of drug-likeness (QED) is 0.779. The minimum absolute atomic E-state index is 0.259. The number of fused-ring (bicyclic) bond motifs is 1. The minimum Gasteiger partial charge on any atom is -0.373 e. The Hall–Kier alpha value is 0.360. The third-order valence-corrected chi connectivity index (χ3v) is 6.58. The van der Waals surface area contributed by atoms with Crippen molar-refractivity contribution in [2.45, 2.75) is 74.9 Å². The summed E-state index contributed by atoms with van der Waals surface area (Å²) in [5.74, 6) is 1.35. The fourth-order valence-corrected chi connectivity index (χ4v) is 5.46. The summed E-state index contributed by atoms with van der Waals surface area (Å²) < 4.78 is 12.1. The van der Waals surface area contributed by atoms with Crippen molar-refractivity contribution < 1.29 is 9.47 Å². The molecular formula is C17H30BrNO2. The molecule has 0 aromatic carbocycles. The first-order chi connectivity index (χ1) is 10.3. The van der Waals surface area contributed by atoms with Crippen LogP contribution in [0.5, 0.6) is 0 Å². The predicted octanol–water partition coefficient (Wildman–Crippen LogP) is 3.50. The Morgan fingerprint density at radius 1 is 1.05 bits per heavy atom. The highest BCUT2D eigenvalue weighted by atomic mass is 79.9. The summed E-state index contributed by atoms with van der Waals surface area (Å²) in [5, 5.41) is 3.85. The smallest absolute Gasteiger partial charge is 0.0965 e. The first kappa shape index (κ1) is 16.2. The number of ether oxygens (including phenoxy) is 2. The van der Waals surface area contributed by atoms with Crippen molar-refractivity contribution in [3.05, 3.63) is 0 Å². The molecule has 0 aromatic rings. The Kier molecular flexibility index (Phi) is 6.00. The number of hydrogen-bond donors (Lipinski definition) is 1. The molecule has 4 heteroatoms. The van der Waals surface area contributed by atoms with E-state index in [0.717, 1.165) is 25.8 Å². The molecule has 2 saturated carbocycles. The molecule has 21 heavy (non-hydrogen) atoms. The lowest BCUT2D eigenvalue weighted by molar-refractivity contribution is -0.181. The molecule has 122 valence electrons. The summed E-state index contributed by atoms with van der Waals surface area (Å²) in [5.41, 5.74) is 0. The number of hydrogen-bond acceptors (Lipinski definition) is 3. The molecule has 3 nitrogen and oxygen atoms in total. The van der Waals surface area contributed by atoms with Gasteiger partial charge in [0.25, 0.3) is 0 Å². The van der Waals surface area contributed by atoms with Crippen LogP contribution in [0, 0.1) is 11.8 Å². The summed E-state index contributed by atoms with van der Waals surface area (Å²) in [7, 11) is 0. The monoisotopic (exact) mass is 359 g/mol. The van der Waals surface area contributed by atoms with Crippen LogP contribution in [0.3, 0.4) is 0 Å². The van der Waals surface area contributed by atoms with Crippen molar-refractivity contribution in [1.82, 2.24) is 5.32 Å². The van der Waals surface area contributed by atoms with Gasteiger partial charge in [-0.05, 0) is 37.6 Å². The van der Waals surface area contributed by atoms with Gasteiger partial charge in [-0.25, -0.2) is 0 Å². The zero-order chi connectivity index (χ0) is 14.7. The van der Waals surface area contributed by atoms with E-state index in [1.165, 1.54) is 44.9 Å². The highest BCUT2D eigenvalue weighted by molar-refractivity contribution is 9.09. The number of rotatable bonds is 4. The molecule has 0 aromatic heterocycles. The van der Waals surface area contributed by atoms with Gasteiger partial charge >= 0.3 is 0 Å². The van der Waals surface area contributed by atoms with Crippen molar-refractivity contribution in [3.8, 4) is 0 Å². The highest BCUT2D eigenvalue weighted by Gasteiger charge is 2.45. The van der Waals surface area contributed by atoms with Gasteiger partial charge in [0.15, 0.2) is 0 Å². The molecule has 0 spiro atoms. The lowest BCUT2D eigenvalue weighted by Gasteiger charge is -2.47. The maximum absolute atomic E-state index is 6.10. The second-order valence-electron chi connectivity index (χ2n) is 7.00. The van der Waals surface area contributed by atoms with E-state index in [4.69, 9.17) is 9.47 Å². The Morgan fingerprint density at radius 3 is 2.48 bits per heavy atom. The van der Waals surface area contributed by atoms with Gasteiger partial charge in [-0.3, -0.25) is 0 Å². The van der Waals surface area contributed by atoms with E-state index in [1.54, 1.807) is 0 Å². The van der Waals surface area contributed by atoms with Crippen LogP contribution in [-0.2, 0) is 9.47 Å². The van der Waals surface area contributed by atoms with E-state index < -0.39 is 0 Å². The fraction of sp³-hybridized carbons (Fsp3) is 1.00. The SMILES string of the molecule is CCC1C(CNC2CCCCC2)CC(Br)C2OCCOC12. The molecule has 1 aliphatic heterocycles. The van der Waals surface area contributed by atoms with Gasteiger partial charge in [0.05, 0.1) is 25.4 Å². The van der Waals surface area contributed by atoms with Gasteiger partial charge < -0.3 is 14.8 Å². The number of alkyl halides is 1. The predicted molar refractivity (Wildman–Crippen MR) is 89.0 cm³/mol. The van der Waals surface area contributed by atoms with Crippen molar-refractivity contribution in [3.63, 3.8) is 0 Å². The third kappa shape index (κ3) is 3.82. The van der Waals surface area contributed by atoms with Crippen LogP contribution in [0.15, 0.2) is 0 Å². The second-order valence-corrected chi connectivity index (χ2v) is 8.17. The normalized spacial score (nSPS) is 41.7. The van der Waals surface area contributed by atoms with Gasteiger partial charge in [0, 0.05) is 10.9 Å². The van der Waals surface area contributed by atoms with Gasteiger partial charge in [0.1, 0.15) is 0 Å². The molecule has 5 atom stereocenters. The first-order valence-corrected chi connectivity index (χ1v) is 9.81. The third-order valence-electron chi connectivity index (χ3n) is 5.68. The van der Waals surface area contributed by atoms with E-state index in [9.17, 15) is 0 Å². The Balaban J connectivity index is 1.57. The zero-order valence-electron chi connectivity index (χ0n) is 13.2. The van der Waals surface area contributed by atoms with Gasteiger partial charge in [-0.2, -0.15) is 0 Å². The summed E-state index contributed by atoms with van der Waals surface area (Å²) in [6, 6.07) is 0.756. The molecule has 0 amide bonds. The molecule has 3 fully saturated rings. The average molecular weight is 360 g/mol. The van der Waals surface area contributed by atoms with Gasteiger partial charge in [-0.15, -0.1) is 0 Å². The van der Waals surface area contributed by atoms with E-state index in [-0.39, 0.29) is 6.10 Å². The molecule has 1 N–H and O–H groups in total. The Morgan fingerprint density at radius 2 is 1.76 bits per heavy atom. The summed E-state index contributed by atoms with van der Waals surface area (Å²) >= 11 is 3.86. The molecule has 0 radical (unpaired) electrons. The van der Waals surface area contributed by atoms with Crippen LogP contribution >= 0.6 is 15.9 Å². The number of halogens is 1. The van der Waals surface area contributed by atoms with Gasteiger partial charge in [-0.1, -0.05) is 48.5 Å². The Bertz CT molecular complexity index is 322. The van der Waals surface area contributed by atoms with Gasteiger partial charge in [0.2, 0.25) is 0 Å². The molecular weight excluding hydrogens is 330 g/mol. The summed E-state index contributed by atoms with van der Waals surface area (Å²) in [6.07, 6.45) is 9.93. The van der Waals surface area contributed by atoms with Crippen LogP contribution in [0.2, 0.25) is 0 Å². The van der Waals surface area contributed by atoms with Crippen molar-refractivity contribution in [2.24, 2.45) is 11.8 Å². The molecule has 1 heterocycles. The second kappa shape index (κ2) is 7.76. The number of nitrogens with one attached hydrogen (secondary N) is 1. The molecule has 0 bridgehead atoms. The topological polar surface area (TPSA) is 30.5 Å². The van der Waals surface area contributed by atoms with Crippen LogP contribution in [0.4, 0.5) is 0 Å². The fourth-order valence-electron chi connectivity index (χ4n) is 4.53. The largest absolute Gasteiger partial charge is 0.373 e. The minimum atomic E-state index is 0.259. The van der Waals surface area contributed by atoms with Crippen molar-refractivity contribution >= 4 is 15.9 Å². The average Bonchev–Trinajstić information content (AvgIpc) is 2.54. The first-order valence-electron chi connectivity index (χ1n) is 8.90. The molecule has 3 aliphatic rings. The summed E-state index contributed by atoms with van der Waals surface area (Å²) in [4.78, 5) is 0.448. The van der Waals surface area contributed by atoms with Crippen LogP contribution in [0.25, 0.3) is 0 Å². The maximum Gasteiger partial charge on any atom is 0.0965 e. The van der Waals surface area contributed by atoms with E-state index >= 15 is 0 Å². The standard InChI is InChI=1S/C17H30BrNO2/c1-2-14-12(11-19-13-6-4-3-5-7-13)10-15(18)17-16(14)20-8-9-21-17/h12-17,19H,2-11H2,1H3. The molecule has 3 rings (SSSR count). The molecule has 1 saturated heterocycles. The Labute approximate surface area is 137 Å². The molecule has 2 aliphatic carbocycles. The van der Waals surface area contributed by atoms with E-state index in [0.29, 0.717) is 22.8 Å². The lowest BCUT2D eigenvalue weighted by atomic mass is 9.73. The summed E-state index contributed by atoms with van der Waals surface area (Å²) in [6.45, 7) is 4.98. The van der Waals surface area contributed by atoms with E-state index in [2.05, 4.69) is 28.2 Å². The highest BCUT2D eigenvalue weighted by Crippen LogP contribution is 2.40. The van der Waals surface area contributed by atoms with Crippen molar-refractivity contribution in [2.75, 3.05) is 19.8 Å². The molecule has 5 unspecified atom stereocenters. The lowest BCUT2D eigenvalue weighted by Crippen LogP contribution is -2.55. The van der Waals surface area contributed by atoms with Crippen LogP contribution in [-0.4, -0.2) is 42.8 Å². The van der Waals surface area contributed by atoms with Crippen LogP contribution in [0.1, 0.15) is 51.9 Å². The van der Waals surface area contributed by atoms with Crippen LogP contribution < -0.4 is 5.32 Å². The zero-order valence-corrected chi connectivity index (χ0v) is 14.8.